The molecular formula is C8H14N14O2. The van der Waals surface area contributed by atoms with E-state index in [4.69, 9.17) is 10.2 Å². The summed E-state index contributed by atoms with van der Waals surface area (Å²) in [5.41, 5.74) is 5.44. The summed E-state index contributed by atoms with van der Waals surface area (Å²) in [7, 11) is 0. The van der Waals surface area contributed by atoms with E-state index in [1.165, 1.54) is 9.59 Å². The van der Waals surface area contributed by atoms with Gasteiger partial charge in [-0.2, -0.15) is 9.59 Å². The van der Waals surface area contributed by atoms with Crippen LogP contribution in [0.15, 0.2) is 10.2 Å². The van der Waals surface area contributed by atoms with Gasteiger partial charge in [-0.3, -0.25) is 21.5 Å². The first-order valence-electron chi connectivity index (χ1n) is 6.76. The Morgan fingerprint density at radius 2 is 1.25 bits per heavy atom. The highest BCUT2D eigenvalue weighted by atomic mass is 16.3. The van der Waals surface area contributed by atoms with E-state index in [1.807, 2.05) is 0 Å². The molecule has 0 spiro atoms. The molecule has 3 heterocycles. The van der Waals surface area contributed by atoms with E-state index in [1.54, 1.807) is 0 Å². The fourth-order valence-corrected chi connectivity index (χ4v) is 1.55. The standard InChI is InChI=1S/C8H14N14O2/c23-3-1-21-17-7(15-19-21)9-5-11-13-6(14-12-5)10-8-16-20-22(18-8)2-4-24/h23-24H,1-4H2,(H2,9,11,12,17)(H2,10,13,14,18). The van der Waals surface area contributed by atoms with Crippen LogP contribution in [0.5, 0.6) is 0 Å². The van der Waals surface area contributed by atoms with Gasteiger partial charge in [-0.25, -0.2) is 0 Å². The van der Waals surface area contributed by atoms with Crippen LogP contribution in [0.4, 0.5) is 11.9 Å². The molecule has 2 aromatic heterocycles. The fourth-order valence-electron chi connectivity index (χ4n) is 1.55. The van der Waals surface area contributed by atoms with Crippen molar-refractivity contribution in [3.63, 3.8) is 0 Å². The maximum atomic E-state index is 8.78. The van der Waals surface area contributed by atoms with E-state index in [0.717, 1.165) is 0 Å². The molecule has 1 aliphatic heterocycles. The lowest BCUT2D eigenvalue weighted by molar-refractivity contribution is 0.259. The molecule has 128 valence electrons. The molecule has 2 aromatic rings. The SMILES string of the molecule is OCCn1nnc(NC2=NN=C(Nc3nnn(CCO)n3)NN2)n1. The second-order valence-corrected chi connectivity index (χ2v) is 4.26. The maximum absolute atomic E-state index is 8.78. The number of rotatable bonds is 6. The van der Waals surface area contributed by atoms with E-state index in [2.05, 4.69) is 62.5 Å². The van der Waals surface area contributed by atoms with Crippen molar-refractivity contribution in [1.82, 2.24) is 51.3 Å². The van der Waals surface area contributed by atoms with Crippen molar-refractivity contribution < 1.29 is 10.2 Å². The van der Waals surface area contributed by atoms with Gasteiger partial charge < -0.3 is 10.2 Å². The highest BCUT2D eigenvalue weighted by Crippen LogP contribution is 1.97. The van der Waals surface area contributed by atoms with E-state index < -0.39 is 0 Å². The lowest BCUT2D eigenvalue weighted by Gasteiger charge is -2.15. The van der Waals surface area contributed by atoms with Gasteiger partial charge in [0.25, 0.3) is 11.9 Å². The fraction of sp³-hybridized carbons (Fsp3) is 0.500. The van der Waals surface area contributed by atoms with Crippen molar-refractivity contribution in [3.8, 4) is 0 Å². The van der Waals surface area contributed by atoms with Crippen molar-refractivity contribution in [2.24, 2.45) is 10.2 Å². The highest BCUT2D eigenvalue weighted by molar-refractivity contribution is 5.99. The molecule has 0 atom stereocenters. The third-order valence-electron chi connectivity index (χ3n) is 2.52. The average Bonchev–Trinajstić information content (AvgIpc) is 3.20. The lowest BCUT2D eigenvalue weighted by atomic mass is 10.7. The summed E-state index contributed by atoms with van der Waals surface area (Å²) in [6, 6.07) is 0. The molecule has 24 heavy (non-hydrogen) atoms. The monoisotopic (exact) mass is 338 g/mol. The van der Waals surface area contributed by atoms with Crippen LogP contribution in [0.2, 0.25) is 0 Å². The van der Waals surface area contributed by atoms with Crippen LogP contribution in [0.3, 0.4) is 0 Å². The zero-order chi connectivity index (χ0) is 16.8. The molecule has 1 aliphatic rings. The van der Waals surface area contributed by atoms with Gasteiger partial charge in [0.2, 0.25) is 11.9 Å². The van der Waals surface area contributed by atoms with Gasteiger partial charge in [-0.15, -0.1) is 20.4 Å². The van der Waals surface area contributed by atoms with Crippen LogP contribution in [0.25, 0.3) is 0 Å². The minimum absolute atomic E-state index is 0.0904. The Hall–Kier alpha value is -3.40. The summed E-state index contributed by atoms with van der Waals surface area (Å²) in [5.74, 6) is 0.857. The molecule has 0 saturated heterocycles. The third kappa shape index (κ3) is 3.87. The second kappa shape index (κ2) is 7.24. The first kappa shape index (κ1) is 15.5. The molecular weight excluding hydrogens is 324 g/mol. The number of nitrogens with zero attached hydrogens (tertiary/aromatic N) is 10. The summed E-state index contributed by atoms with van der Waals surface area (Å²) in [4.78, 5) is 2.47. The number of aliphatic hydroxyl groups excluding tert-OH is 2. The van der Waals surface area contributed by atoms with E-state index >= 15 is 0 Å². The number of aromatic nitrogens is 8. The minimum atomic E-state index is -0.0904. The summed E-state index contributed by atoms with van der Waals surface area (Å²) < 4.78 is 0. The summed E-state index contributed by atoms with van der Waals surface area (Å²) >= 11 is 0. The normalized spacial score (nSPS) is 13.6. The number of nitrogens with one attached hydrogen (secondary N) is 4. The zero-order valence-electron chi connectivity index (χ0n) is 12.2. The predicted octanol–water partition coefficient (Wildman–Crippen LogP) is -4.10. The van der Waals surface area contributed by atoms with Gasteiger partial charge in [0.05, 0.1) is 26.3 Å². The summed E-state index contributed by atoms with van der Waals surface area (Å²) in [6.07, 6.45) is 0. The van der Waals surface area contributed by atoms with Crippen LogP contribution in [-0.2, 0) is 13.1 Å². The van der Waals surface area contributed by atoms with Crippen LogP contribution < -0.4 is 21.5 Å². The van der Waals surface area contributed by atoms with Crippen molar-refractivity contribution >= 4 is 23.8 Å². The van der Waals surface area contributed by atoms with Crippen LogP contribution in [-0.4, -0.2) is 75.8 Å². The topological polar surface area (TPSA) is 200 Å². The molecule has 0 amide bonds. The van der Waals surface area contributed by atoms with E-state index in [-0.39, 0.29) is 50.1 Å². The molecule has 0 radical (unpaired) electrons. The molecule has 16 heteroatoms. The Morgan fingerprint density at radius 3 is 1.62 bits per heavy atom. The third-order valence-corrected chi connectivity index (χ3v) is 2.52. The smallest absolute Gasteiger partial charge is 0.270 e. The highest BCUT2D eigenvalue weighted by Gasteiger charge is 2.12. The second-order valence-electron chi connectivity index (χ2n) is 4.26. The Balaban J connectivity index is 1.56. The Labute approximate surface area is 133 Å². The number of hydrogen-bond acceptors (Lipinski definition) is 14. The molecule has 0 aliphatic carbocycles. The lowest BCUT2D eigenvalue weighted by Crippen LogP contribution is -2.50. The van der Waals surface area contributed by atoms with Gasteiger partial charge >= 0.3 is 0 Å². The number of aliphatic hydroxyl groups is 2. The van der Waals surface area contributed by atoms with Crippen molar-refractivity contribution in [3.05, 3.63) is 0 Å². The van der Waals surface area contributed by atoms with E-state index in [0.29, 0.717) is 0 Å². The molecule has 0 unspecified atom stereocenters. The van der Waals surface area contributed by atoms with Gasteiger partial charge in [0, 0.05) is 0 Å². The number of hydrogen-bond donors (Lipinski definition) is 6. The average molecular weight is 338 g/mol. The largest absolute Gasteiger partial charge is 0.394 e. The molecule has 6 N–H and O–H groups in total. The molecule has 0 bridgehead atoms. The molecule has 16 nitrogen and oxygen atoms in total. The van der Waals surface area contributed by atoms with Crippen molar-refractivity contribution in [2.45, 2.75) is 13.1 Å². The minimum Gasteiger partial charge on any atom is -0.394 e. The van der Waals surface area contributed by atoms with Crippen molar-refractivity contribution in [2.75, 3.05) is 23.8 Å². The molecule has 3 rings (SSSR count). The van der Waals surface area contributed by atoms with Gasteiger partial charge in [-0.05, 0) is 10.4 Å². The molecule has 0 saturated carbocycles. The van der Waals surface area contributed by atoms with E-state index in [9.17, 15) is 0 Å². The quantitative estimate of drug-likeness (QED) is 0.298. The van der Waals surface area contributed by atoms with Gasteiger partial charge in [-0.1, -0.05) is 10.2 Å². The number of tetrazole rings is 2. The number of hydrazine groups is 1. The Morgan fingerprint density at radius 1 is 0.792 bits per heavy atom. The zero-order valence-corrected chi connectivity index (χ0v) is 12.2. The first-order chi connectivity index (χ1) is 11.8. The van der Waals surface area contributed by atoms with Gasteiger partial charge in [0.15, 0.2) is 0 Å². The van der Waals surface area contributed by atoms with Crippen molar-refractivity contribution in [1.29, 1.82) is 0 Å². The first-order valence-corrected chi connectivity index (χ1v) is 6.76. The Bertz CT molecular complexity index is 670. The van der Waals surface area contributed by atoms with Crippen LogP contribution >= 0.6 is 0 Å². The predicted molar refractivity (Wildman–Crippen MR) is 78.2 cm³/mol. The summed E-state index contributed by atoms with van der Waals surface area (Å²) in [6.45, 7) is 0.297. The maximum Gasteiger partial charge on any atom is 0.270 e. The number of guanidine groups is 2. The number of anilines is 2. The summed E-state index contributed by atoms with van der Waals surface area (Å²) in [5, 5.41) is 53.6. The Kier molecular flexibility index (Phi) is 4.68. The van der Waals surface area contributed by atoms with Gasteiger partial charge in [0.1, 0.15) is 0 Å². The van der Waals surface area contributed by atoms with Crippen LogP contribution in [0.1, 0.15) is 0 Å². The molecule has 0 fully saturated rings. The van der Waals surface area contributed by atoms with Crippen LogP contribution in [0, 0.1) is 0 Å². The molecule has 0 aromatic carbocycles.